The fourth-order valence-corrected chi connectivity index (χ4v) is 2.25. The highest BCUT2D eigenvalue weighted by atomic mass is 16.5. The van der Waals surface area contributed by atoms with Gasteiger partial charge >= 0.3 is 0 Å². The number of aromatic nitrogens is 1. The maximum Gasteiger partial charge on any atom is 0.273 e. The molecule has 1 amide bonds. The Kier molecular flexibility index (Phi) is 3.07. The zero-order chi connectivity index (χ0) is 13.2. The summed E-state index contributed by atoms with van der Waals surface area (Å²) in [5, 5.41) is 6.82. The fourth-order valence-electron chi connectivity index (χ4n) is 2.25. The lowest BCUT2D eigenvalue weighted by Gasteiger charge is -2.17. The van der Waals surface area contributed by atoms with E-state index in [1.54, 1.807) is 13.0 Å². The van der Waals surface area contributed by atoms with Crippen LogP contribution in [0.1, 0.15) is 40.7 Å². The minimum absolute atomic E-state index is 0.0747. The van der Waals surface area contributed by atoms with Gasteiger partial charge in [0.15, 0.2) is 5.69 Å². The Morgan fingerprint density at radius 1 is 1.37 bits per heavy atom. The second-order valence-corrected chi connectivity index (χ2v) is 5.02. The molecule has 1 heterocycles. The maximum absolute atomic E-state index is 12.1. The van der Waals surface area contributed by atoms with Crippen LogP contribution in [0.25, 0.3) is 0 Å². The molecule has 3 rings (SSSR count). The lowest BCUT2D eigenvalue weighted by atomic mass is 10.0. The van der Waals surface area contributed by atoms with Gasteiger partial charge in [0.2, 0.25) is 0 Å². The summed E-state index contributed by atoms with van der Waals surface area (Å²) in [7, 11) is 0. The third-order valence-corrected chi connectivity index (χ3v) is 3.40. The number of nitrogens with zero attached hydrogens (tertiary/aromatic N) is 1. The molecule has 4 heteroatoms. The number of rotatable bonds is 4. The second kappa shape index (κ2) is 4.88. The molecule has 0 bridgehead atoms. The van der Waals surface area contributed by atoms with Crippen molar-refractivity contribution in [3.8, 4) is 0 Å². The van der Waals surface area contributed by atoms with Crippen molar-refractivity contribution < 1.29 is 9.32 Å². The lowest BCUT2D eigenvalue weighted by molar-refractivity contribution is 0.0922. The first-order chi connectivity index (χ1) is 9.24. The highest BCUT2D eigenvalue weighted by molar-refractivity contribution is 5.92. The monoisotopic (exact) mass is 256 g/mol. The first-order valence-electron chi connectivity index (χ1n) is 6.53. The minimum Gasteiger partial charge on any atom is -0.361 e. The van der Waals surface area contributed by atoms with E-state index in [1.807, 2.05) is 18.2 Å². The van der Waals surface area contributed by atoms with Crippen molar-refractivity contribution in [3.63, 3.8) is 0 Å². The SMILES string of the molecule is Cc1cc(C(=O)N[C@@H](c2ccccc2)C2CC2)no1. The average Bonchev–Trinajstić information content (AvgIpc) is 3.18. The number of aryl methyl sites for hydroxylation is 1. The zero-order valence-corrected chi connectivity index (χ0v) is 10.8. The van der Waals surface area contributed by atoms with Gasteiger partial charge in [0.25, 0.3) is 5.91 Å². The first kappa shape index (κ1) is 12.0. The molecule has 0 aliphatic heterocycles. The molecule has 0 radical (unpaired) electrons. The molecule has 1 aromatic carbocycles. The maximum atomic E-state index is 12.1. The molecule has 2 aromatic rings. The molecular formula is C15H16N2O2. The van der Waals surface area contributed by atoms with E-state index in [4.69, 9.17) is 4.52 Å². The van der Waals surface area contributed by atoms with E-state index in [2.05, 4.69) is 22.6 Å². The summed E-state index contributed by atoms with van der Waals surface area (Å²) >= 11 is 0. The van der Waals surface area contributed by atoms with E-state index >= 15 is 0 Å². The van der Waals surface area contributed by atoms with Crippen LogP contribution < -0.4 is 5.32 Å². The number of nitrogens with one attached hydrogen (secondary N) is 1. The summed E-state index contributed by atoms with van der Waals surface area (Å²) in [6, 6.07) is 11.8. The highest BCUT2D eigenvalue weighted by Gasteiger charge is 2.33. The van der Waals surface area contributed by atoms with Gasteiger partial charge in [-0.2, -0.15) is 0 Å². The Morgan fingerprint density at radius 3 is 2.68 bits per heavy atom. The lowest BCUT2D eigenvalue weighted by Crippen LogP contribution is -2.30. The summed E-state index contributed by atoms with van der Waals surface area (Å²) in [5.41, 5.74) is 1.50. The number of hydrogen-bond donors (Lipinski definition) is 1. The molecule has 4 nitrogen and oxygen atoms in total. The third kappa shape index (κ3) is 2.67. The molecule has 1 aromatic heterocycles. The Balaban J connectivity index is 1.77. The van der Waals surface area contributed by atoms with Crippen LogP contribution in [0.5, 0.6) is 0 Å². The van der Waals surface area contributed by atoms with Gasteiger partial charge in [-0.3, -0.25) is 4.79 Å². The van der Waals surface area contributed by atoms with Gasteiger partial charge in [-0.15, -0.1) is 0 Å². The van der Waals surface area contributed by atoms with Crippen molar-refractivity contribution in [1.29, 1.82) is 0 Å². The third-order valence-electron chi connectivity index (χ3n) is 3.40. The standard InChI is InChI=1S/C15H16N2O2/c1-10-9-13(17-19-10)15(18)16-14(12-7-8-12)11-5-3-2-4-6-11/h2-6,9,12,14H,7-8H2,1H3,(H,16,18)/t14-/m0/s1. The van der Waals surface area contributed by atoms with Gasteiger partial charge in [0, 0.05) is 6.07 Å². The van der Waals surface area contributed by atoms with Crippen LogP contribution in [0.2, 0.25) is 0 Å². The van der Waals surface area contributed by atoms with Gasteiger partial charge in [-0.25, -0.2) is 0 Å². The molecule has 1 saturated carbocycles. The quantitative estimate of drug-likeness (QED) is 0.915. The predicted octanol–water partition coefficient (Wildman–Crippen LogP) is 2.86. The van der Waals surface area contributed by atoms with Crippen molar-refractivity contribution in [3.05, 3.63) is 53.4 Å². The Labute approximate surface area is 111 Å². The van der Waals surface area contributed by atoms with E-state index in [0.717, 1.165) is 18.4 Å². The smallest absolute Gasteiger partial charge is 0.273 e. The van der Waals surface area contributed by atoms with Gasteiger partial charge in [0.05, 0.1) is 6.04 Å². The molecule has 1 aliphatic rings. The Hall–Kier alpha value is -2.10. The summed E-state index contributed by atoms with van der Waals surface area (Å²) < 4.78 is 4.94. The van der Waals surface area contributed by atoms with Crippen LogP contribution in [0, 0.1) is 12.8 Å². The number of amides is 1. The second-order valence-electron chi connectivity index (χ2n) is 5.02. The van der Waals surface area contributed by atoms with Crippen molar-refractivity contribution in [2.24, 2.45) is 5.92 Å². The molecule has 19 heavy (non-hydrogen) atoms. The normalized spacial score (nSPS) is 16.1. The summed E-state index contributed by atoms with van der Waals surface area (Å²) in [4.78, 5) is 12.1. The van der Waals surface area contributed by atoms with E-state index in [9.17, 15) is 4.79 Å². The van der Waals surface area contributed by atoms with Crippen molar-refractivity contribution in [1.82, 2.24) is 10.5 Å². The fraction of sp³-hybridized carbons (Fsp3) is 0.333. The molecule has 1 N–H and O–H groups in total. The van der Waals surface area contributed by atoms with Gasteiger partial charge in [0.1, 0.15) is 5.76 Å². The van der Waals surface area contributed by atoms with Crippen LogP contribution in [-0.2, 0) is 0 Å². The number of hydrogen-bond acceptors (Lipinski definition) is 3. The molecule has 1 fully saturated rings. The molecular weight excluding hydrogens is 240 g/mol. The minimum atomic E-state index is -0.169. The van der Waals surface area contributed by atoms with Crippen LogP contribution in [0.3, 0.4) is 0 Å². The van der Waals surface area contributed by atoms with Gasteiger partial charge in [-0.05, 0) is 31.2 Å². The topological polar surface area (TPSA) is 55.1 Å². The van der Waals surface area contributed by atoms with Gasteiger partial charge < -0.3 is 9.84 Å². The van der Waals surface area contributed by atoms with E-state index in [-0.39, 0.29) is 11.9 Å². The summed E-state index contributed by atoms with van der Waals surface area (Å²) in [6.45, 7) is 1.78. The molecule has 1 atom stereocenters. The first-order valence-corrected chi connectivity index (χ1v) is 6.53. The molecule has 98 valence electrons. The molecule has 0 unspecified atom stereocenters. The van der Waals surface area contributed by atoms with Gasteiger partial charge in [-0.1, -0.05) is 35.5 Å². The summed E-state index contributed by atoms with van der Waals surface area (Å²) in [6.07, 6.45) is 2.33. The van der Waals surface area contributed by atoms with E-state index in [1.165, 1.54) is 0 Å². The summed E-state index contributed by atoms with van der Waals surface area (Å²) in [5.74, 6) is 1.02. The molecule has 0 saturated heterocycles. The van der Waals surface area contributed by atoms with Crippen molar-refractivity contribution >= 4 is 5.91 Å². The zero-order valence-electron chi connectivity index (χ0n) is 10.8. The highest BCUT2D eigenvalue weighted by Crippen LogP contribution is 2.41. The van der Waals surface area contributed by atoms with Crippen LogP contribution in [-0.4, -0.2) is 11.1 Å². The van der Waals surface area contributed by atoms with E-state index < -0.39 is 0 Å². The van der Waals surface area contributed by atoms with Crippen LogP contribution >= 0.6 is 0 Å². The van der Waals surface area contributed by atoms with Crippen molar-refractivity contribution in [2.75, 3.05) is 0 Å². The van der Waals surface area contributed by atoms with Crippen LogP contribution in [0.4, 0.5) is 0 Å². The Bertz CT molecular complexity index is 573. The van der Waals surface area contributed by atoms with Crippen LogP contribution in [0.15, 0.2) is 40.9 Å². The average molecular weight is 256 g/mol. The van der Waals surface area contributed by atoms with Crippen molar-refractivity contribution in [2.45, 2.75) is 25.8 Å². The molecule has 1 aliphatic carbocycles. The number of carbonyl (C=O) groups is 1. The number of benzene rings is 1. The largest absolute Gasteiger partial charge is 0.361 e. The predicted molar refractivity (Wildman–Crippen MR) is 70.6 cm³/mol. The van der Waals surface area contributed by atoms with E-state index in [0.29, 0.717) is 17.4 Å². The number of carbonyl (C=O) groups excluding carboxylic acids is 1. The molecule has 0 spiro atoms. The Morgan fingerprint density at radius 2 is 2.11 bits per heavy atom.